The number of hydrogen-bond donors (Lipinski definition) is 1. The molecule has 6 nitrogen and oxygen atoms in total. The van der Waals surface area contributed by atoms with Gasteiger partial charge in [0.15, 0.2) is 9.84 Å². The Bertz CT molecular complexity index is 851. The van der Waals surface area contributed by atoms with Gasteiger partial charge < -0.3 is 15.0 Å². The fourth-order valence-electron chi connectivity index (χ4n) is 5.03. The van der Waals surface area contributed by atoms with Crippen LogP contribution in [0.1, 0.15) is 61.8 Å². The second kappa shape index (κ2) is 10.3. The molecule has 1 amide bonds. The number of amides is 1. The van der Waals surface area contributed by atoms with Crippen molar-refractivity contribution >= 4 is 27.1 Å². The number of fused-ring (bicyclic) bond motifs is 2. The molecule has 0 aromatic carbocycles. The van der Waals surface area contributed by atoms with Crippen LogP contribution in [-0.2, 0) is 37.8 Å². The van der Waals surface area contributed by atoms with E-state index in [9.17, 15) is 13.2 Å². The molecule has 0 atom stereocenters. The third-order valence-corrected chi connectivity index (χ3v) is 8.71. The molecule has 176 valence electrons. The molecular weight excluding hydrogens is 432 g/mol. The second-order valence-corrected chi connectivity index (χ2v) is 12.3. The molecule has 1 saturated carbocycles. The lowest BCUT2D eigenvalue weighted by Gasteiger charge is -2.46. The third-order valence-electron chi connectivity index (χ3n) is 6.58. The van der Waals surface area contributed by atoms with Crippen molar-refractivity contribution < 1.29 is 17.9 Å². The van der Waals surface area contributed by atoms with Crippen molar-refractivity contribution in [3.63, 3.8) is 0 Å². The van der Waals surface area contributed by atoms with Crippen LogP contribution in [0.5, 0.6) is 0 Å². The van der Waals surface area contributed by atoms with Gasteiger partial charge in [-0.15, -0.1) is 11.3 Å². The highest BCUT2D eigenvalue weighted by Crippen LogP contribution is 2.45. The zero-order valence-corrected chi connectivity index (χ0v) is 21.0. The summed E-state index contributed by atoms with van der Waals surface area (Å²) in [4.78, 5) is 17.3. The van der Waals surface area contributed by atoms with E-state index in [0.717, 1.165) is 71.0 Å². The number of ether oxygens (including phenoxy) is 1. The minimum atomic E-state index is -3.26. The number of thiophene rings is 1. The molecule has 0 radical (unpaired) electrons. The molecule has 0 unspecified atom stereocenters. The second-order valence-electron chi connectivity index (χ2n) is 8.97. The van der Waals surface area contributed by atoms with Crippen LogP contribution >= 0.6 is 11.3 Å². The quantitative estimate of drug-likeness (QED) is 0.691. The first-order valence-electron chi connectivity index (χ1n) is 11.7. The summed E-state index contributed by atoms with van der Waals surface area (Å²) in [6.07, 6.45) is 7.26. The predicted molar refractivity (Wildman–Crippen MR) is 126 cm³/mol. The molecule has 4 rings (SSSR count). The standard InChI is InChI=1S/C21H32N2O4S2.C2H6/c1-3-17-12-18-19(28-17)4-9-27-21(18)5-7-23(8-6-21)13-15-10-16(11-15)22-20(24)14-29(2,25)26;1-2/h12,15-16H,3-11,13-14H2,1-2H3,(H,22,24);1-2H3. The molecule has 3 heterocycles. The molecule has 1 spiro atoms. The van der Waals surface area contributed by atoms with E-state index in [0.29, 0.717) is 5.92 Å². The first-order valence-corrected chi connectivity index (χ1v) is 14.6. The molecule has 3 aliphatic rings. The molecule has 1 aromatic rings. The number of carbonyl (C=O) groups excluding carboxylic acids is 1. The van der Waals surface area contributed by atoms with Gasteiger partial charge in [-0.3, -0.25) is 4.79 Å². The molecule has 0 bridgehead atoms. The summed E-state index contributed by atoms with van der Waals surface area (Å²) in [5, 5.41) is 2.85. The van der Waals surface area contributed by atoms with E-state index in [-0.39, 0.29) is 17.6 Å². The minimum absolute atomic E-state index is 0.0736. The summed E-state index contributed by atoms with van der Waals surface area (Å²) in [5.74, 6) is -0.196. The molecule has 31 heavy (non-hydrogen) atoms. The first kappa shape index (κ1) is 24.7. The van der Waals surface area contributed by atoms with E-state index >= 15 is 0 Å². The average molecular weight is 471 g/mol. The Kier molecular flexibility index (Phi) is 8.21. The zero-order chi connectivity index (χ0) is 22.6. The lowest BCUT2D eigenvalue weighted by atomic mass is 9.78. The molecule has 8 heteroatoms. The Morgan fingerprint density at radius 2 is 1.97 bits per heavy atom. The summed E-state index contributed by atoms with van der Waals surface area (Å²) in [5.41, 5.74) is 1.39. The fourth-order valence-corrected chi connectivity index (χ4v) is 6.77. The van der Waals surface area contributed by atoms with Crippen LogP contribution < -0.4 is 5.32 Å². The minimum Gasteiger partial charge on any atom is -0.370 e. The van der Waals surface area contributed by atoms with Crippen LogP contribution in [0.4, 0.5) is 0 Å². The molecule has 1 aliphatic carbocycles. The maximum absolute atomic E-state index is 11.7. The van der Waals surface area contributed by atoms with Gasteiger partial charge in [0, 0.05) is 48.1 Å². The molecule has 1 aromatic heterocycles. The van der Waals surface area contributed by atoms with E-state index in [1.165, 1.54) is 15.3 Å². The van der Waals surface area contributed by atoms with Crippen molar-refractivity contribution in [2.75, 3.05) is 38.2 Å². The number of carbonyl (C=O) groups is 1. The van der Waals surface area contributed by atoms with Gasteiger partial charge in [-0.2, -0.15) is 0 Å². The fraction of sp³-hybridized carbons (Fsp3) is 0.783. The van der Waals surface area contributed by atoms with Crippen molar-refractivity contribution in [1.29, 1.82) is 0 Å². The van der Waals surface area contributed by atoms with Crippen molar-refractivity contribution in [2.24, 2.45) is 5.92 Å². The Morgan fingerprint density at radius 1 is 1.29 bits per heavy atom. The van der Waals surface area contributed by atoms with E-state index < -0.39 is 15.6 Å². The van der Waals surface area contributed by atoms with Gasteiger partial charge in [-0.1, -0.05) is 20.8 Å². The molecule has 2 aliphatic heterocycles. The lowest BCUT2D eigenvalue weighted by molar-refractivity contribution is -0.120. The number of aryl methyl sites for hydroxylation is 1. The summed E-state index contributed by atoms with van der Waals surface area (Å²) in [6, 6.07) is 2.53. The topological polar surface area (TPSA) is 75.7 Å². The monoisotopic (exact) mass is 470 g/mol. The summed E-state index contributed by atoms with van der Waals surface area (Å²) in [6.45, 7) is 10.2. The number of likely N-dealkylation sites (tertiary alicyclic amines) is 1. The smallest absolute Gasteiger partial charge is 0.235 e. The van der Waals surface area contributed by atoms with E-state index in [2.05, 4.69) is 23.2 Å². The highest BCUT2D eigenvalue weighted by atomic mass is 32.2. The van der Waals surface area contributed by atoms with Crippen LogP contribution in [0.3, 0.4) is 0 Å². The highest BCUT2D eigenvalue weighted by molar-refractivity contribution is 7.91. The van der Waals surface area contributed by atoms with Gasteiger partial charge in [0.1, 0.15) is 5.75 Å². The molecule has 1 saturated heterocycles. The van der Waals surface area contributed by atoms with E-state index in [4.69, 9.17) is 4.74 Å². The van der Waals surface area contributed by atoms with E-state index in [1.54, 1.807) is 0 Å². The SMILES string of the molecule is CC.CCc1cc2c(s1)CCOC21CCN(CC2CC(NC(=O)CS(C)(=O)=O)C2)CC1. The maximum Gasteiger partial charge on any atom is 0.235 e. The predicted octanol–water partition coefficient (Wildman–Crippen LogP) is 3.14. The maximum atomic E-state index is 11.7. The number of nitrogens with one attached hydrogen (secondary N) is 1. The van der Waals surface area contributed by atoms with Crippen molar-refractivity contribution in [3.8, 4) is 0 Å². The summed E-state index contributed by atoms with van der Waals surface area (Å²) in [7, 11) is -3.26. The Balaban J connectivity index is 0.00000132. The Morgan fingerprint density at radius 3 is 2.58 bits per heavy atom. The highest BCUT2D eigenvalue weighted by Gasteiger charge is 2.42. The molecular formula is C23H38N2O4S2. The number of piperidine rings is 1. The van der Waals surface area contributed by atoms with Gasteiger partial charge in [-0.05, 0) is 49.7 Å². The van der Waals surface area contributed by atoms with Crippen molar-refractivity contribution in [2.45, 2.75) is 70.9 Å². The van der Waals surface area contributed by atoms with Gasteiger partial charge in [-0.25, -0.2) is 8.42 Å². The summed E-state index contributed by atoms with van der Waals surface area (Å²) >= 11 is 1.97. The number of sulfone groups is 1. The van der Waals surface area contributed by atoms with Crippen LogP contribution in [0.25, 0.3) is 0 Å². The van der Waals surface area contributed by atoms with Crippen molar-refractivity contribution in [1.82, 2.24) is 10.2 Å². The largest absolute Gasteiger partial charge is 0.370 e. The summed E-state index contributed by atoms with van der Waals surface area (Å²) < 4.78 is 28.8. The number of hydrogen-bond acceptors (Lipinski definition) is 6. The number of nitrogens with zero attached hydrogens (tertiary/aromatic N) is 1. The van der Waals surface area contributed by atoms with Gasteiger partial charge in [0.2, 0.25) is 5.91 Å². The zero-order valence-electron chi connectivity index (χ0n) is 19.4. The third kappa shape index (κ3) is 6.09. The van der Waals surface area contributed by atoms with Gasteiger partial charge in [0.25, 0.3) is 0 Å². The van der Waals surface area contributed by atoms with Crippen LogP contribution in [-0.4, -0.2) is 63.5 Å². The average Bonchev–Trinajstić information content (AvgIpc) is 3.13. The normalized spacial score (nSPS) is 25.2. The van der Waals surface area contributed by atoms with Crippen LogP contribution in [0, 0.1) is 5.92 Å². The van der Waals surface area contributed by atoms with Gasteiger partial charge >= 0.3 is 0 Å². The molecule has 2 fully saturated rings. The van der Waals surface area contributed by atoms with Crippen LogP contribution in [0.2, 0.25) is 0 Å². The van der Waals surface area contributed by atoms with Gasteiger partial charge in [0.05, 0.1) is 12.2 Å². The van der Waals surface area contributed by atoms with Crippen molar-refractivity contribution in [3.05, 3.63) is 21.4 Å². The van der Waals surface area contributed by atoms with Crippen LogP contribution in [0.15, 0.2) is 6.07 Å². The lowest BCUT2D eigenvalue weighted by Crippen LogP contribution is -2.51. The Labute approximate surface area is 191 Å². The number of rotatable bonds is 6. The van der Waals surface area contributed by atoms with E-state index in [1.807, 2.05) is 25.2 Å². The Hall–Kier alpha value is -0.960. The molecule has 1 N–H and O–H groups in total. The first-order chi connectivity index (χ1) is 14.8.